The summed E-state index contributed by atoms with van der Waals surface area (Å²) in [6, 6.07) is 2.08. The lowest BCUT2D eigenvalue weighted by Crippen LogP contribution is -2.09. The number of anilines is 1. The zero-order valence-corrected chi connectivity index (χ0v) is 8.21. The fourth-order valence-electron chi connectivity index (χ4n) is 1.72. The smallest absolute Gasteiger partial charge is 0.240 e. The van der Waals surface area contributed by atoms with Gasteiger partial charge in [-0.15, -0.1) is 21.5 Å². The van der Waals surface area contributed by atoms with Crippen molar-refractivity contribution < 1.29 is 0 Å². The SMILES string of the molecule is Nc1nnc2c(n1)-c1ccsc1CC2. The van der Waals surface area contributed by atoms with Gasteiger partial charge in [0.15, 0.2) is 0 Å². The Bertz CT molecular complexity index is 491. The first-order valence-corrected chi connectivity index (χ1v) is 5.28. The molecule has 14 heavy (non-hydrogen) atoms. The number of hydrogen-bond acceptors (Lipinski definition) is 5. The van der Waals surface area contributed by atoms with Crippen LogP contribution in [0.3, 0.4) is 0 Å². The summed E-state index contributed by atoms with van der Waals surface area (Å²) in [6.07, 6.45) is 1.96. The molecule has 2 aromatic rings. The van der Waals surface area contributed by atoms with Gasteiger partial charge < -0.3 is 5.73 Å². The van der Waals surface area contributed by atoms with Crippen molar-refractivity contribution in [2.45, 2.75) is 12.8 Å². The van der Waals surface area contributed by atoms with Crippen LogP contribution in [0.15, 0.2) is 11.4 Å². The minimum Gasteiger partial charge on any atom is -0.366 e. The monoisotopic (exact) mass is 204 g/mol. The van der Waals surface area contributed by atoms with E-state index in [0.717, 1.165) is 24.2 Å². The molecule has 3 rings (SSSR count). The molecule has 0 aromatic carbocycles. The highest BCUT2D eigenvalue weighted by Crippen LogP contribution is 2.34. The first-order valence-electron chi connectivity index (χ1n) is 4.40. The van der Waals surface area contributed by atoms with Crippen LogP contribution in [-0.4, -0.2) is 15.2 Å². The normalized spacial score (nSPS) is 13.4. The van der Waals surface area contributed by atoms with E-state index in [0.29, 0.717) is 0 Å². The molecule has 1 aliphatic carbocycles. The third-order valence-corrected chi connectivity index (χ3v) is 3.34. The molecule has 5 heteroatoms. The van der Waals surface area contributed by atoms with Crippen LogP contribution < -0.4 is 5.73 Å². The topological polar surface area (TPSA) is 64.7 Å². The number of nitrogens with two attached hydrogens (primary N) is 1. The number of aromatic nitrogens is 3. The second-order valence-electron chi connectivity index (χ2n) is 3.22. The second kappa shape index (κ2) is 2.75. The van der Waals surface area contributed by atoms with E-state index < -0.39 is 0 Å². The van der Waals surface area contributed by atoms with Crippen LogP contribution in [0.2, 0.25) is 0 Å². The summed E-state index contributed by atoms with van der Waals surface area (Å²) < 4.78 is 0. The molecule has 0 bridgehead atoms. The highest BCUT2D eigenvalue weighted by atomic mass is 32.1. The highest BCUT2D eigenvalue weighted by molar-refractivity contribution is 7.10. The first kappa shape index (κ1) is 7.87. The Balaban J connectivity index is 2.28. The van der Waals surface area contributed by atoms with Crippen molar-refractivity contribution in [3.63, 3.8) is 0 Å². The van der Waals surface area contributed by atoms with E-state index in [4.69, 9.17) is 5.73 Å². The van der Waals surface area contributed by atoms with E-state index in [1.54, 1.807) is 11.3 Å². The van der Waals surface area contributed by atoms with E-state index in [2.05, 4.69) is 26.6 Å². The lowest BCUT2D eigenvalue weighted by atomic mass is 10.00. The minimum atomic E-state index is 0.253. The number of fused-ring (bicyclic) bond motifs is 3. The van der Waals surface area contributed by atoms with Gasteiger partial charge in [0.25, 0.3) is 0 Å². The molecule has 1 aliphatic rings. The van der Waals surface area contributed by atoms with E-state index >= 15 is 0 Å². The van der Waals surface area contributed by atoms with Crippen LogP contribution in [0.1, 0.15) is 10.6 Å². The molecule has 70 valence electrons. The molecule has 0 radical (unpaired) electrons. The van der Waals surface area contributed by atoms with Crippen LogP contribution in [0, 0.1) is 0 Å². The lowest BCUT2D eigenvalue weighted by molar-refractivity contribution is 0.835. The van der Waals surface area contributed by atoms with Crippen molar-refractivity contribution in [3.05, 3.63) is 22.0 Å². The van der Waals surface area contributed by atoms with Gasteiger partial charge in [-0.1, -0.05) is 0 Å². The Labute approximate surface area is 84.8 Å². The maximum Gasteiger partial charge on any atom is 0.240 e. The largest absolute Gasteiger partial charge is 0.366 e. The van der Waals surface area contributed by atoms with Gasteiger partial charge in [-0.2, -0.15) is 0 Å². The van der Waals surface area contributed by atoms with Gasteiger partial charge >= 0.3 is 0 Å². The van der Waals surface area contributed by atoms with Gasteiger partial charge in [-0.3, -0.25) is 0 Å². The Morgan fingerprint density at radius 1 is 1.29 bits per heavy atom. The van der Waals surface area contributed by atoms with Crippen LogP contribution in [0.25, 0.3) is 11.3 Å². The Morgan fingerprint density at radius 3 is 3.14 bits per heavy atom. The van der Waals surface area contributed by atoms with Crippen molar-refractivity contribution in [3.8, 4) is 11.3 Å². The van der Waals surface area contributed by atoms with Crippen molar-refractivity contribution in [2.75, 3.05) is 5.73 Å². The lowest BCUT2D eigenvalue weighted by Gasteiger charge is -2.13. The molecule has 2 aromatic heterocycles. The summed E-state index contributed by atoms with van der Waals surface area (Å²) in [6.45, 7) is 0. The number of nitrogen functional groups attached to an aromatic ring is 1. The molecule has 0 saturated heterocycles. The van der Waals surface area contributed by atoms with Gasteiger partial charge in [0.2, 0.25) is 5.95 Å². The van der Waals surface area contributed by atoms with Crippen LogP contribution >= 0.6 is 11.3 Å². The fraction of sp³-hybridized carbons (Fsp3) is 0.222. The third-order valence-electron chi connectivity index (χ3n) is 2.36. The van der Waals surface area contributed by atoms with E-state index in [1.165, 1.54) is 10.4 Å². The molecule has 0 fully saturated rings. The zero-order valence-electron chi connectivity index (χ0n) is 7.40. The fourth-order valence-corrected chi connectivity index (χ4v) is 2.60. The molecule has 0 saturated carbocycles. The van der Waals surface area contributed by atoms with E-state index in [-0.39, 0.29) is 5.95 Å². The van der Waals surface area contributed by atoms with Crippen molar-refractivity contribution >= 4 is 17.3 Å². The van der Waals surface area contributed by atoms with Crippen molar-refractivity contribution in [1.29, 1.82) is 0 Å². The van der Waals surface area contributed by atoms with Gasteiger partial charge in [0.05, 0.1) is 11.4 Å². The average molecular weight is 204 g/mol. The average Bonchev–Trinajstić information content (AvgIpc) is 2.65. The van der Waals surface area contributed by atoms with Crippen molar-refractivity contribution in [2.24, 2.45) is 0 Å². The Morgan fingerprint density at radius 2 is 2.21 bits per heavy atom. The molecular formula is C9H8N4S. The third kappa shape index (κ3) is 1.02. The Kier molecular flexibility index (Phi) is 1.55. The maximum absolute atomic E-state index is 5.53. The summed E-state index contributed by atoms with van der Waals surface area (Å²) in [5.74, 6) is 0.253. The number of nitrogens with zero attached hydrogens (tertiary/aromatic N) is 3. The summed E-state index contributed by atoms with van der Waals surface area (Å²) in [5, 5.41) is 9.92. The molecule has 0 unspecified atom stereocenters. The minimum absolute atomic E-state index is 0.253. The number of thiophene rings is 1. The first-order chi connectivity index (χ1) is 6.84. The molecule has 0 spiro atoms. The van der Waals surface area contributed by atoms with E-state index in [1.807, 2.05) is 0 Å². The zero-order chi connectivity index (χ0) is 9.54. The standard InChI is InChI=1S/C9H8N4S/c10-9-11-8-5-3-4-14-7(5)2-1-6(8)12-13-9/h3-4H,1-2H2,(H2,10,11,13). The van der Waals surface area contributed by atoms with Crippen LogP contribution in [0.5, 0.6) is 0 Å². The van der Waals surface area contributed by atoms with Gasteiger partial charge in [0, 0.05) is 10.4 Å². The number of rotatable bonds is 0. The predicted octanol–water partition coefficient (Wildman–Crippen LogP) is 1.28. The summed E-state index contributed by atoms with van der Waals surface area (Å²) >= 11 is 1.77. The molecular weight excluding hydrogens is 196 g/mol. The van der Waals surface area contributed by atoms with Gasteiger partial charge in [-0.05, 0) is 24.3 Å². The second-order valence-corrected chi connectivity index (χ2v) is 4.22. The molecule has 0 amide bonds. The summed E-state index contributed by atoms with van der Waals surface area (Å²) in [7, 11) is 0. The Hall–Kier alpha value is -1.49. The van der Waals surface area contributed by atoms with Crippen LogP contribution in [-0.2, 0) is 12.8 Å². The summed E-state index contributed by atoms with van der Waals surface area (Å²) in [5.41, 5.74) is 8.58. The quantitative estimate of drug-likeness (QED) is 0.702. The highest BCUT2D eigenvalue weighted by Gasteiger charge is 2.20. The molecule has 4 nitrogen and oxygen atoms in total. The number of aryl methyl sites for hydroxylation is 2. The van der Waals surface area contributed by atoms with Gasteiger partial charge in [-0.25, -0.2) is 4.98 Å². The van der Waals surface area contributed by atoms with Crippen LogP contribution in [0.4, 0.5) is 5.95 Å². The number of hydrogen-bond donors (Lipinski definition) is 1. The molecule has 0 atom stereocenters. The van der Waals surface area contributed by atoms with Crippen molar-refractivity contribution in [1.82, 2.24) is 15.2 Å². The van der Waals surface area contributed by atoms with E-state index in [9.17, 15) is 0 Å². The predicted molar refractivity (Wildman–Crippen MR) is 55.0 cm³/mol. The van der Waals surface area contributed by atoms with Gasteiger partial charge in [0.1, 0.15) is 0 Å². The molecule has 0 aliphatic heterocycles. The molecule has 2 heterocycles. The maximum atomic E-state index is 5.53. The summed E-state index contributed by atoms with van der Waals surface area (Å²) in [4.78, 5) is 5.61. The molecule has 2 N–H and O–H groups in total.